The highest BCUT2D eigenvalue weighted by Gasteiger charge is 2.25. The lowest BCUT2D eigenvalue weighted by Crippen LogP contribution is -2.50. The SMILES string of the molecule is CCc1cnncc1N1CCC(=O)NC1=O. The van der Waals surface area contributed by atoms with Crippen LogP contribution in [0.3, 0.4) is 0 Å². The Morgan fingerprint density at radius 3 is 2.81 bits per heavy atom. The van der Waals surface area contributed by atoms with Gasteiger partial charge in [0.2, 0.25) is 5.91 Å². The van der Waals surface area contributed by atoms with E-state index in [-0.39, 0.29) is 11.9 Å². The Morgan fingerprint density at radius 1 is 1.38 bits per heavy atom. The second-order valence-electron chi connectivity index (χ2n) is 3.51. The lowest BCUT2D eigenvalue weighted by Gasteiger charge is -2.27. The van der Waals surface area contributed by atoms with Gasteiger partial charge in [-0.15, -0.1) is 0 Å². The fourth-order valence-electron chi connectivity index (χ4n) is 1.65. The monoisotopic (exact) mass is 220 g/mol. The third kappa shape index (κ3) is 1.86. The zero-order valence-electron chi connectivity index (χ0n) is 8.93. The zero-order chi connectivity index (χ0) is 11.5. The molecular formula is C10H12N4O2. The summed E-state index contributed by atoms with van der Waals surface area (Å²) in [4.78, 5) is 24.2. The molecule has 6 heteroatoms. The normalized spacial score (nSPS) is 16.2. The minimum Gasteiger partial charge on any atom is -0.292 e. The van der Waals surface area contributed by atoms with Crippen molar-refractivity contribution in [3.63, 3.8) is 0 Å². The van der Waals surface area contributed by atoms with Crippen molar-refractivity contribution in [1.82, 2.24) is 15.5 Å². The summed E-state index contributed by atoms with van der Waals surface area (Å²) in [5.41, 5.74) is 1.67. The second-order valence-corrected chi connectivity index (χ2v) is 3.51. The van der Waals surface area contributed by atoms with Crippen molar-refractivity contribution in [3.8, 4) is 0 Å². The summed E-state index contributed by atoms with van der Waals surface area (Å²) in [7, 11) is 0. The minimum absolute atomic E-state index is 0.235. The number of nitrogens with one attached hydrogen (secondary N) is 1. The van der Waals surface area contributed by atoms with E-state index in [1.54, 1.807) is 12.4 Å². The van der Waals surface area contributed by atoms with Crippen molar-refractivity contribution < 1.29 is 9.59 Å². The van der Waals surface area contributed by atoms with Crippen LogP contribution in [0.4, 0.5) is 10.5 Å². The number of urea groups is 1. The molecule has 2 rings (SSSR count). The average Bonchev–Trinajstić information content (AvgIpc) is 2.29. The van der Waals surface area contributed by atoms with Crippen LogP contribution in [0.1, 0.15) is 18.9 Å². The Labute approximate surface area is 92.7 Å². The molecule has 1 aliphatic heterocycles. The van der Waals surface area contributed by atoms with Crippen LogP contribution in [0.25, 0.3) is 0 Å². The molecule has 1 aromatic heterocycles. The van der Waals surface area contributed by atoms with E-state index in [4.69, 9.17) is 0 Å². The van der Waals surface area contributed by atoms with Gasteiger partial charge in [0.15, 0.2) is 0 Å². The first kappa shape index (κ1) is 10.5. The number of hydrogen-bond donors (Lipinski definition) is 1. The molecule has 0 unspecified atom stereocenters. The van der Waals surface area contributed by atoms with Gasteiger partial charge in [0.05, 0.1) is 18.1 Å². The summed E-state index contributed by atoms with van der Waals surface area (Å²) in [5, 5.41) is 9.82. The number of carbonyl (C=O) groups excluding carboxylic acids is 2. The molecule has 0 atom stereocenters. The Kier molecular flexibility index (Phi) is 2.80. The zero-order valence-corrected chi connectivity index (χ0v) is 8.93. The molecule has 3 amide bonds. The van der Waals surface area contributed by atoms with Gasteiger partial charge >= 0.3 is 6.03 Å². The van der Waals surface area contributed by atoms with E-state index in [1.165, 1.54) is 4.90 Å². The molecular weight excluding hydrogens is 208 g/mol. The van der Waals surface area contributed by atoms with Gasteiger partial charge in [0, 0.05) is 13.0 Å². The molecule has 1 saturated heterocycles. The summed E-state index contributed by atoms with van der Waals surface area (Å²) in [6, 6.07) is -0.390. The number of hydrogen-bond acceptors (Lipinski definition) is 4. The van der Waals surface area contributed by atoms with Crippen LogP contribution >= 0.6 is 0 Å². The number of aryl methyl sites for hydroxylation is 1. The molecule has 16 heavy (non-hydrogen) atoms. The van der Waals surface area contributed by atoms with E-state index in [0.717, 1.165) is 17.7 Å². The van der Waals surface area contributed by atoms with Crippen LogP contribution in [-0.2, 0) is 11.2 Å². The molecule has 1 N–H and O–H groups in total. The Hall–Kier alpha value is -1.98. The summed E-state index contributed by atoms with van der Waals surface area (Å²) in [6.45, 7) is 2.37. The third-order valence-electron chi connectivity index (χ3n) is 2.51. The van der Waals surface area contributed by atoms with Gasteiger partial charge in [0.25, 0.3) is 0 Å². The predicted molar refractivity (Wildman–Crippen MR) is 56.9 cm³/mol. The fourth-order valence-corrected chi connectivity index (χ4v) is 1.65. The van der Waals surface area contributed by atoms with Crippen LogP contribution in [0.15, 0.2) is 12.4 Å². The van der Waals surface area contributed by atoms with Gasteiger partial charge in [-0.1, -0.05) is 6.92 Å². The number of anilines is 1. The maximum absolute atomic E-state index is 11.6. The number of nitrogens with zero attached hydrogens (tertiary/aromatic N) is 3. The lowest BCUT2D eigenvalue weighted by atomic mass is 10.2. The highest BCUT2D eigenvalue weighted by molar-refractivity contribution is 6.05. The van der Waals surface area contributed by atoms with E-state index < -0.39 is 0 Å². The molecule has 0 spiro atoms. The number of rotatable bonds is 2. The molecule has 0 aromatic carbocycles. The van der Waals surface area contributed by atoms with E-state index in [9.17, 15) is 9.59 Å². The molecule has 6 nitrogen and oxygen atoms in total. The maximum atomic E-state index is 11.6. The van der Waals surface area contributed by atoms with Crippen LogP contribution < -0.4 is 10.2 Å². The molecule has 0 saturated carbocycles. The van der Waals surface area contributed by atoms with Gasteiger partial charge in [0.1, 0.15) is 0 Å². The van der Waals surface area contributed by atoms with Crippen molar-refractivity contribution >= 4 is 17.6 Å². The van der Waals surface area contributed by atoms with Crippen molar-refractivity contribution in [2.75, 3.05) is 11.4 Å². The summed E-state index contributed by atoms with van der Waals surface area (Å²) >= 11 is 0. The van der Waals surface area contributed by atoms with Crippen molar-refractivity contribution in [2.24, 2.45) is 0 Å². The first-order valence-corrected chi connectivity index (χ1v) is 5.13. The molecule has 2 heterocycles. The topological polar surface area (TPSA) is 75.2 Å². The predicted octanol–water partition coefficient (Wildman–Crippen LogP) is 0.485. The van der Waals surface area contributed by atoms with Crippen LogP contribution in [0.5, 0.6) is 0 Å². The van der Waals surface area contributed by atoms with E-state index >= 15 is 0 Å². The van der Waals surface area contributed by atoms with Gasteiger partial charge in [-0.05, 0) is 12.0 Å². The number of carbonyl (C=O) groups is 2. The van der Waals surface area contributed by atoms with E-state index in [1.807, 2.05) is 6.92 Å². The first-order valence-electron chi connectivity index (χ1n) is 5.13. The Balaban J connectivity index is 2.30. The smallest absolute Gasteiger partial charge is 0.292 e. The summed E-state index contributed by atoms with van der Waals surface area (Å²) in [5.74, 6) is -0.235. The van der Waals surface area contributed by atoms with E-state index in [0.29, 0.717) is 13.0 Å². The van der Waals surface area contributed by atoms with Gasteiger partial charge in [-0.3, -0.25) is 15.0 Å². The van der Waals surface area contributed by atoms with E-state index in [2.05, 4.69) is 15.5 Å². The number of amides is 3. The lowest BCUT2D eigenvalue weighted by molar-refractivity contribution is -0.120. The first-order chi connectivity index (χ1) is 7.72. The molecule has 1 fully saturated rings. The molecule has 0 radical (unpaired) electrons. The van der Waals surface area contributed by atoms with Crippen molar-refractivity contribution in [3.05, 3.63) is 18.0 Å². The molecule has 84 valence electrons. The molecule has 0 aliphatic carbocycles. The highest BCUT2D eigenvalue weighted by atomic mass is 16.2. The van der Waals surface area contributed by atoms with Gasteiger partial charge in [-0.25, -0.2) is 4.79 Å². The second kappa shape index (κ2) is 4.26. The van der Waals surface area contributed by atoms with Crippen molar-refractivity contribution in [1.29, 1.82) is 0 Å². The third-order valence-corrected chi connectivity index (χ3v) is 2.51. The number of imide groups is 1. The quantitative estimate of drug-likeness (QED) is 0.786. The minimum atomic E-state index is -0.390. The fraction of sp³-hybridized carbons (Fsp3) is 0.400. The molecule has 0 bridgehead atoms. The number of aromatic nitrogens is 2. The average molecular weight is 220 g/mol. The van der Waals surface area contributed by atoms with Gasteiger partial charge < -0.3 is 0 Å². The van der Waals surface area contributed by atoms with Crippen LogP contribution in [0.2, 0.25) is 0 Å². The molecule has 1 aromatic rings. The Bertz CT molecular complexity index is 433. The molecule has 1 aliphatic rings. The largest absolute Gasteiger partial charge is 0.328 e. The van der Waals surface area contributed by atoms with Crippen molar-refractivity contribution in [2.45, 2.75) is 19.8 Å². The Morgan fingerprint density at radius 2 is 2.12 bits per heavy atom. The van der Waals surface area contributed by atoms with Crippen LogP contribution in [-0.4, -0.2) is 28.7 Å². The van der Waals surface area contributed by atoms with Crippen LogP contribution in [0, 0.1) is 0 Å². The van der Waals surface area contributed by atoms with Gasteiger partial charge in [-0.2, -0.15) is 10.2 Å². The highest BCUT2D eigenvalue weighted by Crippen LogP contribution is 2.20. The summed E-state index contributed by atoms with van der Waals surface area (Å²) in [6.07, 6.45) is 4.27. The summed E-state index contributed by atoms with van der Waals surface area (Å²) < 4.78 is 0. The maximum Gasteiger partial charge on any atom is 0.328 e. The standard InChI is InChI=1S/C10H12N4O2/c1-2-7-5-11-12-6-8(7)14-4-3-9(15)13-10(14)16/h5-6H,2-4H2,1H3,(H,13,15,16).